The minimum atomic E-state index is -0.857. The van der Waals surface area contributed by atoms with Crippen molar-refractivity contribution in [3.63, 3.8) is 0 Å². The average molecular weight is 296 g/mol. The molecule has 0 amide bonds. The Kier molecular flexibility index (Phi) is 6.80. The van der Waals surface area contributed by atoms with Gasteiger partial charge in [0.1, 0.15) is 6.17 Å². The lowest BCUT2D eigenvalue weighted by molar-refractivity contribution is 0.322. The monoisotopic (exact) mass is 295 g/mol. The third-order valence-electron chi connectivity index (χ3n) is 3.28. The van der Waals surface area contributed by atoms with Gasteiger partial charge < -0.3 is 5.32 Å². The smallest absolute Gasteiger partial charge is 0.104 e. The summed E-state index contributed by atoms with van der Waals surface area (Å²) < 4.78 is 13.9. The summed E-state index contributed by atoms with van der Waals surface area (Å²) in [5, 5.41) is 4.01. The van der Waals surface area contributed by atoms with E-state index in [9.17, 15) is 4.39 Å². The molecule has 1 aliphatic carbocycles. The van der Waals surface area contributed by atoms with Gasteiger partial charge >= 0.3 is 0 Å². The molecule has 2 atom stereocenters. The molecule has 0 heterocycles. The van der Waals surface area contributed by atoms with Gasteiger partial charge in [-0.05, 0) is 24.5 Å². The normalized spacial score (nSPS) is 21.4. The van der Waals surface area contributed by atoms with Crippen molar-refractivity contribution in [3.05, 3.63) is 58.8 Å². The molecule has 0 aliphatic heterocycles. The van der Waals surface area contributed by atoms with E-state index in [1.54, 1.807) is 6.08 Å². The van der Waals surface area contributed by atoms with E-state index in [0.29, 0.717) is 12.8 Å². The summed E-state index contributed by atoms with van der Waals surface area (Å²) in [6.07, 6.45) is 9.55. The minimum Gasteiger partial charge on any atom is -0.390 e. The first-order valence-corrected chi connectivity index (χ1v) is 7.34. The van der Waals surface area contributed by atoms with E-state index in [0.717, 1.165) is 21.9 Å². The van der Waals surface area contributed by atoms with Crippen molar-refractivity contribution in [2.24, 2.45) is 5.92 Å². The SMILES string of the molecule is C=C/C=C(\C=C/C)C(/CC(F)CC)=C(/NC)C1C=C1Cl. The summed E-state index contributed by atoms with van der Waals surface area (Å²) >= 11 is 6.03. The third kappa shape index (κ3) is 4.38. The maximum absolute atomic E-state index is 13.9. The van der Waals surface area contributed by atoms with Crippen molar-refractivity contribution in [2.75, 3.05) is 7.05 Å². The number of rotatable bonds is 8. The number of hydrogen-bond acceptors (Lipinski definition) is 1. The molecular formula is C17H23ClFN. The van der Waals surface area contributed by atoms with Gasteiger partial charge in [-0.15, -0.1) is 0 Å². The largest absolute Gasteiger partial charge is 0.390 e. The van der Waals surface area contributed by atoms with Crippen LogP contribution in [-0.2, 0) is 0 Å². The highest BCUT2D eigenvalue weighted by molar-refractivity contribution is 6.32. The van der Waals surface area contributed by atoms with Crippen LogP contribution in [0.5, 0.6) is 0 Å². The highest BCUT2D eigenvalue weighted by Gasteiger charge is 2.30. The Hall–Kier alpha value is -1.28. The van der Waals surface area contributed by atoms with Gasteiger partial charge in [0.05, 0.1) is 5.92 Å². The van der Waals surface area contributed by atoms with E-state index in [1.807, 2.05) is 45.2 Å². The zero-order chi connectivity index (χ0) is 15.1. The van der Waals surface area contributed by atoms with Crippen LogP contribution in [0.4, 0.5) is 4.39 Å². The lowest BCUT2D eigenvalue weighted by Crippen LogP contribution is -2.15. The maximum atomic E-state index is 13.9. The number of alkyl halides is 1. The molecule has 0 aromatic heterocycles. The number of allylic oxidation sites excluding steroid dienone is 7. The Balaban J connectivity index is 3.21. The van der Waals surface area contributed by atoms with Gasteiger partial charge in [0.2, 0.25) is 0 Å². The van der Waals surface area contributed by atoms with Crippen LogP contribution < -0.4 is 5.32 Å². The molecule has 0 radical (unpaired) electrons. The summed E-state index contributed by atoms with van der Waals surface area (Å²) in [5.41, 5.74) is 2.93. The van der Waals surface area contributed by atoms with E-state index in [1.165, 1.54) is 0 Å². The van der Waals surface area contributed by atoms with Gasteiger partial charge in [0.25, 0.3) is 0 Å². The molecular weight excluding hydrogens is 273 g/mol. The fraction of sp³-hybridized carbons (Fsp3) is 0.412. The molecule has 0 spiro atoms. The molecule has 0 fully saturated rings. The van der Waals surface area contributed by atoms with Crippen LogP contribution in [0.15, 0.2) is 58.8 Å². The zero-order valence-electron chi connectivity index (χ0n) is 12.4. The van der Waals surface area contributed by atoms with Crippen LogP contribution in [0.3, 0.4) is 0 Å². The van der Waals surface area contributed by atoms with E-state index in [-0.39, 0.29) is 5.92 Å². The first-order valence-electron chi connectivity index (χ1n) is 6.96. The fourth-order valence-corrected chi connectivity index (χ4v) is 2.37. The van der Waals surface area contributed by atoms with Crippen molar-refractivity contribution in [3.8, 4) is 0 Å². The molecule has 1 nitrogen and oxygen atoms in total. The predicted molar refractivity (Wildman–Crippen MR) is 86.4 cm³/mol. The van der Waals surface area contributed by atoms with Gasteiger partial charge in [-0.2, -0.15) is 0 Å². The van der Waals surface area contributed by atoms with Crippen molar-refractivity contribution >= 4 is 11.6 Å². The van der Waals surface area contributed by atoms with Crippen molar-refractivity contribution < 1.29 is 4.39 Å². The van der Waals surface area contributed by atoms with Gasteiger partial charge in [-0.25, -0.2) is 4.39 Å². The van der Waals surface area contributed by atoms with Gasteiger partial charge in [-0.1, -0.05) is 55.5 Å². The number of nitrogens with one attached hydrogen (secondary N) is 1. The number of halogens is 2. The van der Waals surface area contributed by atoms with Crippen molar-refractivity contribution in [1.29, 1.82) is 0 Å². The predicted octanol–water partition coefficient (Wildman–Crippen LogP) is 5.04. The second-order valence-corrected chi connectivity index (χ2v) is 5.18. The Bertz CT molecular complexity index is 471. The van der Waals surface area contributed by atoms with Crippen LogP contribution in [0.25, 0.3) is 0 Å². The van der Waals surface area contributed by atoms with Gasteiger partial charge in [0, 0.05) is 24.2 Å². The summed E-state index contributed by atoms with van der Waals surface area (Å²) in [5.74, 6) is 0.110. The molecule has 110 valence electrons. The topological polar surface area (TPSA) is 12.0 Å². The van der Waals surface area contributed by atoms with Crippen LogP contribution in [0.2, 0.25) is 0 Å². The standard InChI is InChI=1S/C17H23ClFN/c1-5-8-12(9-6-2)14(10-13(19)7-3)17(20-4)15-11-16(15)18/h5-6,8-9,11,13,15,20H,1,7,10H2,2-4H3/b9-6-,12-8+,17-14+. The fourth-order valence-electron chi connectivity index (χ4n) is 2.14. The average Bonchev–Trinajstić information content (AvgIpc) is 3.15. The Morgan fingerprint density at radius 2 is 2.25 bits per heavy atom. The Morgan fingerprint density at radius 3 is 2.65 bits per heavy atom. The quantitative estimate of drug-likeness (QED) is 0.619. The molecule has 0 aromatic carbocycles. The molecule has 1 N–H and O–H groups in total. The van der Waals surface area contributed by atoms with Gasteiger partial charge in [0.15, 0.2) is 0 Å². The maximum Gasteiger partial charge on any atom is 0.104 e. The second-order valence-electron chi connectivity index (χ2n) is 4.74. The number of hydrogen-bond donors (Lipinski definition) is 1. The van der Waals surface area contributed by atoms with Crippen LogP contribution >= 0.6 is 11.6 Å². The molecule has 0 saturated heterocycles. The minimum absolute atomic E-state index is 0.110. The van der Waals surface area contributed by atoms with Crippen LogP contribution in [0, 0.1) is 5.92 Å². The van der Waals surface area contributed by atoms with Crippen LogP contribution in [0.1, 0.15) is 26.7 Å². The molecule has 1 rings (SSSR count). The highest BCUT2D eigenvalue weighted by atomic mass is 35.5. The lowest BCUT2D eigenvalue weighted by Gasteiger charge is -2.18. The molecule has 0 bridgehead atoms. The van der Waals surface area contributed by atoms with Crippen LogP contribution in [-0.4, -0.2) is 13.2 Å². The second kappa shape index (κ2) is 8.11. The van der Waals surface area contributed by atoms with E-state index in [4.69, 9.17) is 11.6 Å². The van der Waals surface area contributed by atoms with E-state index in [2.05, 4.69) is 11.9 Å². The third-order valence-corrected chi connectivity index (χ3v) is 3.64. The molecule has 1 aliphatic rings. The van der Waals surface area contributed by atoms with E-state index < -0.39 is 6.17 Å². The van der Waals surface area contributed by atoms with Crippen molar-refractivity contribution in [1.82, 2.24) is 5.32 Å². The first kappa shape index (κ1) is 16.8. The molecule has 20 heavy (non-hydrogen) atoms. The Labute approximate surface area is 126 Å². The van der Waals surface area contributed by atoms with Crippen molar-refractivity contribution in [2.45, 2.75) is 32.9 Å². The Morgan fingerprint density at radius 1 is 1.60 bits per heavy atom. The molecule has 3 heteroatoms. The highest BCUT2D eigenvalue weighted by Crippen LogP contribution is 2.41. The summed E-state index contributed by atoms with van der Waals surface area (Å²) in [7, 11) is 1.85. The summed E-state index contributed by atoms with van der Waals surface area (Å²) in [6.45, 7) is 7.54. The lowest BCUT2D eigenvalue weighted by atomic mass is 9.94. The molecule has 2 unspecified atom stereocenters. The summed E-state index contributed by atoms with van der Waals surface area (Å²) in [6, 6.07) is 0. The molecule has 0 aromatic rings. The molecule has 0 saturated carbocycles. The summed E-state index contributed by atoms with van der Waals surface area (Å²) in [4.78, 5) is 0. The van der Waals surface area contributed by atoms with E-state index >= 15 is 0 Å². The van der Waals surface area contributed by atoms with Gasteiger partial charge in [-0.3, -0.25) is 0 Å². The zero-order valence-corrected chi connectivity index (χ0v) is 13.2. The first-order chi connectivity index (χ1) is 9.58.